The van der Waals surface area contributed by atoms with Gasteiger partial charge in [0.25, 0.3) is 0 Å². The number of hydrogen-bond donors (Lipinski definition) is 0. The lowest BCUT2D eigenvalue weighted by Gasteiger charge is -2.31. The SMILES string of the molecule is CCOC(=O)[C@H](C)/C=C1\C(=O)[C@]2(C)CC[C@@H]1C2(C)C. The first-order chi connectivity index (χ1) is 8.75. The van der Waals surface area contributed by atoms with E-state index in [4.69, 9.17) is 4.74 Å². The van der Waals surface area contributed by atoms with Gasteiger partial charge in [0.1, 0.15) is 0 Å². The zero-order chi connectivity index (χ0) is 14.4. The normalized spacial score (nSPS) is 35.7. The number of carbonyl (C=O) groups is 2. The average molecular weight is 264 g/mol. The minimum Gasteiger partial charge on any atom is -0.466 e. The Morgan fingerprint density at radius 1 is 1.47 bits per heavy atom. The molecular weight excluding hydrogens is 240 g/mol. The van der Waals surface area contributed by atoms with Crippen molar-refractivity contribution in [2.24, 2.45) is 22.7 Å². The second-order valence-electron chi connectivity index (χ2n) is 6.64. The summed E-state index contributed by atoms with van der Waals surface area (Å²) in [5.74, 6) is -0.0436. The van der Waals surface area contributed by atoms with Crippen LogP contribution in [0.25, 0.3) is 0 Å². The van der Waals surface area contributed by atoms with Crippen LogP contribution in [0.1, 0.15) is 47.5 Å². The Kier molecular flexibility index (Phi) is 3.36. The van der Waals surface area contributed by atoms with Gasteiger partial charge in [0.2, 0.25) is 0 Å². The summed E-state index contributed by atoms with van der Waals surface area (Å²) in [7, 11) is 0. The van der Waals surface area contributed by atoms with Gasteiger partial charge in [-0.3, -0.25) is 9.59 Å². The van der Waals surface area contributed by atoms with Crippen molar-refractivity contribution in [3.63, 3.8) is 0 Å². The fourth-order valence-electron chi connectivity index (χ4n) is 3.73. The molecule has 19 heavy (non-hydrogen) atoms. The smallest absolute Gasteiger partial charge is 0.312 e. The number of allylic oxidation sites excluding steroid dienone is 1. The van der Waals surface area contributed by atoms with E-state index in [1.165, 1.54) is 0 Å². The van der Waals surface area contributed by atoms with Crippen molar-refractivity contribution in [1.29, 1.82) is 0 Å². The number of fused-ring (bicyclic) bond motifs is 2. The number of Topliss-reactive ketones (excluding diaryl/α,β-unsaturated/α-hetero) is 1. The lowest BCUT2D eigenvalue weighted by Crippen LogP contribution is -2.32. The molecule has 0 spiro atoms. The summed E-state index contributed by atoms with van der Waals surface area (Å²) in [5.41, 5.74) is 0.613. The summed E-state index contributed by atoms with van der Waals surface area (Å²) in [4.78, 5) is 24.3. The van der Waals surface area contributed by atoms with Crippen molar-refractivity contribution in [3.8, 4) is 0 Å². The van der Waals surface area contributed by atoms with Crippen LogP contribution in [0.2, 0.25) is 0 Å². The molecule has 0 unspecified atom stereocenters. The highest BCUT2D eigenvalue weighted by atomic mass is 16.5. The molecule has 0 N–H and O–H groups in total. The molecule has 2 aliphatic carbocycles. The fraction of sp³-hybridized carbons (Fsp3) is 0.750. The fourth-order valence-corrected chi connectivity index (χ4v) is 3.73. The van der Waals surface area contributed by atoms with Crippen molar-refractivity contribution in [3.05, 3.63) is 11.6 Å². The highest BCUT2D eigenvalue weighted by molar-refractivity contribution is 6.05. The number of ketones is 1. The molecule has 0 radical (unpaired) electrons. The molecule has 0 aromatic heterocycles. The molecule has 0 heterocycles. The lowest BCUT2D eigenvalue weighted by molar-refractivity contribution is -0.145. The summed E-state index contributed by atoms with van der Waals surface area (Å²) in [5, 5.41) is 0. The maximum atomic E-state index is 12.6. The van der Waals surface area contributed by atoms with Gasteiger partial charge in [-0.25, -0.2) is 0 Å². The van der Waals surface area contributed by atoms with E-state index in [1.807, 2.05) is 6.08 Å². The van der Waals surface area contributed by atoms with Crippen LogP contribution in [-0.2, 0) is 14.3 Å². The average Bonchev–Trinajstić information content (AvgIpc) is 2.64. The Hall–Kier alpha value is -1.12. The molecule has 2 rings (SSSR count). The van der Waals surface area contributed by atoms with Gasteiger partial charge in [0, 0.05) is 5.41 Å². The zero-order valence-corrected chi connectivity index (χ0v) is 12.6. The monoisotopic (exact) mass is 264 g/mol. The number of rotatable bonds is 3. The lowest BCUT2D eigenvalue weighted by atomic mass is 9.70. The Bertz CT molecular complexity index is 447. The van der Waals surface area contributed by atoms with Gasteiger partial charge >= 0.3 is 5.97 Å². The molecular formula is C16H24O3. The maximum absolute atomic E-state index is 12.6. The van der Waals surface area contributed by atoms with Crippen LogP contribution in [0.4, 0.5) is 0 Å². The van der Waals surface area contributed by atoms with Crippen LogP contribution in [0.15, 0.2) is 11.6 Å². The number of ether oxygens (including phenoxy) is 1. The molecule has 0 saturated heterocycles. The first-order valence-electron chi connectivity index (χ1n) is 7.19. The Balaban J connectivity index is 2.28. The summed E-state index contributed by atoms with van der Waals surface area (Å²) < 4.78 is 5.01. The molecule has 3 heteroatoms. The number of hydrogen-bond acceptors (Lipinski definition) is 3. The third kappa shape index (κ3) is 1.86. The van der Waals surface area contributed by atoms with Crippen LogP contribution in [0.5, 0.6) is 0 Å². The first-order valence-corrected chi connectivity index (χ1v) is 7.19. The standard InChI is InChI=1S/C16H24O3/c1-6-19-14(18)10(2)9-11-12-7-8-16(5,13(11)17)15(12,3)4/h9-10,12H,6-8H2,1-5H3/b11-9-/t10-,12+,16+/m1/s1. The Morgan fingerprint density at radius 2 is 2.11 bits per heavy atom. The van der Waals surface area contributed by atoms with E-state index in [0.29, 0.717) is 12.5 Å². The summed E-state index contributed by atoms with van der Waals surface area (Å²) in [6.45, 7) is 10.4. The first kappa shape index (κ1) is 14.3. The molecule has 0 aromatic rings. The predicted octanol–water partition coefficient (Wildman–Crippen LogP) is 3.14. The third-order valence-corrected chi connectivity index (χ3v) is 5.45. The van der Waals surface area contributed by atoms with Crippen molar-refractivity contribution < 1.29 is 14.3 Å². The van der Waals surface area contributed by atoms with Gasteiger partial charge in [-0.15, -0.1) is 0 Å². The van der Waals surface area contributed by atoms with Crippen molar-refractivity contribution in [1.82, 2.24) is 0 Å². The van der Waals surface area contributed by atoms with E-state index in [0.717, 1.165) is 18.4 Å². The van der Waals surface area contributed by atoms with Crippen LogP contribution < -0.4 is 0 Å². The van der Waals surface area contributed by atoms with Gasteiger partial charge in [0.05, 0.1) is 12.5 Å². The zero-order valence-electron chi connectivity index (χ0n) is 12.6. The summed E-state index contributed by atoms with van der Waals surface area (Å²) in [6, 6.07) is 0. The van der Waals surface area contributed by atoms with Crippen LogP contribution >= 0.6 is 0 Å². The second-order valence-corrected chi connectivity index (χ2v) is 6.64. The topological polar surface area (TPSA) is 43.4 Å². The summed E-state index contributed by atoms with van der Waals surface area (Å²) >= 11 is 0. The molecule has 2 bridgehead atoms. The van der Waals surface area contributed by atoms with Gasteiger partial charge in [-0.05, 0) is 43.6 Å². The minimum atomic E-state index is -0.336. The molecule has 0 aliphatic heterocycles. The van der Waals surface area contributed by atoms with Crippen LogP contribution in [0.3, 0.4) is 0 Å². The van der Waals surface area contributed by atoms with Crippen LogP contribution in [-0.4, -0.2) is 18.4 Å². The highest BCUT2D eigenvalue weighted by Crippen LogP contribution is 2.65. The maximum Gasteiger partial charge on any atom is 0.312 e. The molecule has 3 atom stereocenters. The molecule has 2 saturated carbocycles. The van der Waals surface area contributed by atoms with Gasteiger partial charge in [0.15, 0.2) is 5.78 Å². The summed E-state index contributed by atoms with van der Waals surface area (Å²) in [6.07, 6.45) is 3.86. The molecule has 0 aromatic carbocycles. The number of esters is 1. The number of carbonyl (C=O) groups excluding carboxylic acids is 2. The third-order valence-electron chi connectivity index (χ3n) is 5.45. The second kappa shape index (κ2) is 4.46. The molecule has 2 aliphatic rings. The van der Waals surface area contributed by atoms with E-state index >= 15 is 0 Å². The van der Waals surface area contributed by atoms with Crippen LogP contribution in [0, 0.1) is 22.7 Å². The highest BCUT2D eigenvalue weighted by Gasteiger charge is 2.63. The van der Waals surface area contributed by atoms with Crippen molar-refractivity contribution in [2.75, 3.05) is 6.61 Å². The van der Waals surface area contributed by atoms with Gasteiger partial charge in [-0.1, -0.05) is 26.8 Å². The molecule has 0 amide bonds. The van der Waals surface area contributed by atoms with E-state index in [9.17, 15) is 9.59 Å². The quantitative estimate of drug-likeness (QED) is 0.581. The van der Waals surface area contributed by atoms with Crippen molar-refractivity contribution in [2.45, 2.75) is 47.5 Å². The largest absolute Gasteiger partial charge is 0.466 e. The minimum absolute atomic E-state index is 0.00426. The molecule has 106 valence electrons. The van der Waals surface area contributed by atoms with E-state index < -0.39 is 0 Å². The van der Waals surface area contributed by atoms with E-state index in [1.54, 1.807) is 13.8 Å². The Morgan fingerprint density at radius 3 is 2.58 bits per heavy atom. The van der Waals surface area contributed by atoms with E-state index in [-0.39, 0.29) is 28.5 Å². The predicted molar refractivity (Wildman–Crippen MR) is 73.5 cm³/mol. The Labute approximate surface area is 115 Å². The molecule has 2 fully saturated rings. The molecule has 3 nitrogen and oxygen atoms in total. The van der Waals surface area contributed by atoms with Crippen molar-refractivity contribution >= 4 is 11.8 Å². The van der Waals surface area contributed by atoms with Gasteiger partial charge < -0.3 is 4.74 Å². The van der Waals surface area contributed by atoms with Gasteiger partial charge in [-0.2, -0.15) is 0 Å². The van der Waals surface area contributed by atoms with E-state index in [2.05, 4.69) is 20.8 Å².